The number of nitrogens with one attached hydrogen (secondary N) is 3. The molecule has 6 nitrogen and oxygen atoms in total. The molecular weight excluding hydrogens is 373 g/mol. The molecule has 0 aliphatic rings. The number of carbonyl (C=O) groups is 2. The fourth-order valence-electron chi connectivity index (χ4n) is 2.41. The van der Waals surface area contributed by atoms with Gasteiger partial charge in [0.15, 0.2) is 0 Å². The minimum Gasteiger partial charge on any atom is -0.383 e. The molecule has 1 atom stereocenters. The summed E-state index contributed by atoms with van der Waals surface area (Å²) in [5.41, 5.74) is 1.11. The molecule has 0 fully saturated rings. The molecule has 144 valence electrons. The molecule has 2 rings (SSSR count). The van der Waals surface area contributed by atoms with Gasteiger partial charge >= 0.3 is 0 Å². The van der Waals surface area contributed by atoms with Crippen molar-refractivity contribution in [3.8, 4) is 0 Å². The van der Waals surface area contributed by atoms with Gasteiger partial charge in [-0.3, -0.25) is 9.59 Å². The van der Waals surface area contributed by atoms with Crippen molar-refractivity contribution in [2.75, 3.05) is 30.9 Å². The van der Waals surface area contributed by atoms with Crippen molar-refractivity contribution in [3.05, 3.63) is 58.9 Å². The summed E-state index contributed by atoms with van der Waals surface area (Å²) in [6, 6.07) is 10.3. The van der Waals surface area contributed by atoms with Crippen LogP contribution in [-0.4, -0.2) is 38.1 Å². The summed E-state index contributed by atoms with van der Waals surface area (Å²) in [5.74, 6) is -1.15. The number of amides is 2. The lowest BCUT2D eigenvalue weighted by molar-refractivity contribution is -0.120. The summed E-state index contributed by atoms with van der Waals surface area (Å²) < 4.78 is 18.1. The van der Waals surface area contributed by atoms with Gasteiger partial charge in [-0.1, -0.05) is 23.7 Å². The van der Waals surface area contributed by atoms with E-state index in [1.165, 1.54) is 12.1 Å². The van der Waals surface area contributed by atoms with Crippen molar-refractivity contribution < 1.29 is 18.7 Å². The number of carbonyl (C=O) groups excluding carboxylic acids is 2. The van der Waals surface area contributed by atoms with E-state index in [1.54, 1.807) is 31.4 Å². The minimum atomic E-state index is -0.492. The van der Waals surface area contributed by atoms with Gasteiger partial charge in [-0.2, -0.15) is 0 Å². The highest BCUT2D eigenvalue weighted by Gasteiger charge is 2.14. The second-order valence-electron chi connectivity index (χ2n) is 5.90. The molecule has 27 heavy (non-hydrogen) atoms. The monoisotopic (exact) mass is 393 g/mol. The Bertz CT molecular complexity index is 817. The van der Waals surface area contributed by atoms with E-state index in [0.717, 1.165) is 6.07 Å². The topological polar surface area (TPSA) is 79.5 Å². The van der Waals surface area contributed by atoms with E-state index in [9.17, 15) is 14.0 Å². The average molecular weight is 394 g/mol. The molecule has 0 radical (unpaired) electrons. The van der Waals surface area contributed by atoms with Crippen molar-refractivity contribution in [2.45, 2.75) is 13.0 Å². The zero-order valence-electron chi connectivity index (χ0n) is 15.0. The van der Waals surface area contributed by atoms with Gasteiger partial charge in [0.05, 0.1) is 29.4 Å². The van der Waals surface area contributed by atoms with Crippen LogP contribution in [-0.2, 0) is 9.53 Å². The quantitative estimate of drug-likeness (QED) is 0.643. The van der Waals surface area contributed by atoms with Gasteiger partial charge < -0.3 is 20.7 Å². The molecule has 0 heterocycles. The van der Waals surface area contributed by atoms with Gasteiger partial charge in [-0.25, -0.2) is 4.39 Å². The third-order valence-electron chi connectivity index (χ3n) is 3.61. The van der Waals surface area contributed by atoms with E-state index in [2.05, 4.69) is 16.0 Å². The van der Waals surface area contributed by atoms with Gasteiger partial charge in [0.1, 0.15) is 5.82 Å². The highest BCUT2D eigenvalue weighted by atomic mass is 35.5. The van der Waals surface area contributed by atoms with E-state index in [0.29, 0.717) is 23.5 Å². The lowest BCUT2D eigenvalue weighted by Gasteiger charge is -2.15. The van der Waals surface area contributed by atoms with E-state index < -0.39 is 11.7 Å². The SMILES string of the molecule is COCC(C)NC(=O)CNc1ccccc1C(=O)Nc1ccc(F)cc1Cl. The predicted molar refractivity (Wildman–Crippen MR) is 104 cm³/mol. The molecule has 1 unspecified atom stereocenters. The van der Waals surface area contributed by atoms with E-state index in [1.807, 2.05) is 6.92 Å². The van der Waals surface area contributed by atoms with Crippen molar-refractivity contribution >= 4 is 34.8 Å². The van der Waals surface area contributed by atoms with Crippen LogP contribution in [0.2, 0.25) is 5.02 Å². The summed E-state index contributed by atoms with van der Waals surface area (Å²) in [4.78, 5) is 24.5. The first-order valence-corrected chi connectivity index (χ1v) is 8.66. The molecule has 0 saturated carbocycles. The van der Waals surface area contributed by atoms with Crippen molar-refractivity contribution in [2.24, 2.45) is 0 Å². The number of halogens is 2. The summed E-state index contributed by atoms with van der Waals surface area (Å²) in [7, 11) is 1.56. The fourth-order valence-corrected chi connectivity index (χ4v) is 2.62. The predicted octanol–water partition coefficient (Wildman–Crippen LogP) is 3.29. The smallest absolute Gasteiger partial charge is 0.257 e. The Balaban J connectivity index is 2.04. The Morgan fingerprint density at radius 3 is 2.63 bits per heavy atom. The van der Waals surface area contributed by atoms with Crippen molar-refractivity contribution in [1.82, 2.24) is 5.32 Å². The summed E-state index contributed by atoms with van der Waals surface area (Å²) in [5, 5.41) is 8.45. The lowest BCUT2D eigenvalue weighted by atomic mass is 10.1. The first-order valence-electron chi connectivity index (χ1n) is 8.28. The zero-order valence-corrected chi connectivity index (χ0v) is 15.8. The minimum absolute atomic E-state index is 0.00431. The maximum atomic E-state index is 13.1. The van der Waals surface area contributed by atoms with Crippen LogP contribution in [0.1, 0.15) is 17.3 Å². The Morgan fingerprint density at radius 1 is 1.19 bits per heavy atom. The highest BCUT2D eigenvalue weighted by Crippen LogP contribution is 2.24. The first-order chi connectivity index (χ1) is 12.9. The second-order valence-corrected chi connectivity index (χ2v) is 6.31. The Hall–Kier alpha value is -2.64. The third kappa shape index (κ3) is 6.23. The number of para-hydroxylation sites is 1. The van der Waals surface area contributed by atoms with Crippen LogP contribution < -0.4 is 16.0 Å². The van der Waals surface area contributed by atoms with Crippen LogP contribution in [0.4, 0.5) is 15.8 Å². The first kappa shape index (κ1) is 20.7. The molecule has 0 spiro atoms. The number of anilines is 2. The van der Waals surface area contributed by atoms with Crippen LogP contribution in [0.25, 0.3) is 0 Å². The average Bonchev–Trinajstić information content (AvgIpc) is 2.62. The van der Waals surface area contributed by atoms with Crippen molar-refractivity contribution in [3.63, 3.8) is 0 Å². The molecule has 2 amide bonds. The lowest BCUT2D eigenvalue weighted by Crippen LogP contribution is -2.39. The van der Waals surface area contributed by atoms with E-state index in [4.69, 9.17) is 16.3 Å². The fraction of sp³-hybridized carbons (Fsp3) is 0.263. The molecule has 0 aromatic heterocycles. The Morgan fingerprint density at radius 2 is 1.93 bits per heavy atom. The standard InChI is InChI=1S/C19H21ClFN3O3/c1-12(11-27-2)23-18(25)10-22-16-6-4-3-5-14(16)19(26)24-17-8-7-13(21)9-15(17)20/h3-9,12,22H,10-11H2,1-2H3,(H,23,25)(H,24,26). The maximum absolute atomic E-state index is 13.1. The molecule has 8 heteroatoms. The number of benzene rings is 2. The summed E-state index contributed by atoms with van der Waals surface area (Å²) in [6.45, 7) is 2.23. The third-order valence-corrected chi connectivity index (χ3v) is 3.93. The molecule has 2 aromatic carbocycles. The molecule has 3 N–H and O–H groups in total. The molecule has 0 aliphatic carbocycles. The second kappa shape index (κ2) is 9.89. The molecule has 0 saturated heterocycles. The zero-order chi connectivity index (χ0) is 19.8. The van der Waals surface area contributed by atoms with Crippen LogP contribution in [0.15, 0.2) is 42.5 Å². The van der Waals surface area contributed by atoms with E-state index in [-0.39, 0.29) is 23.5 Å². The van der Waals surface area contributed by atoms with Gasteiger partial charge in [0.25, 0.3) is 5.91 Å². The highest BCUT2D eigenvalue weighted by molar-refractivity contribution is 6.34. The molecular formula is C19H21ClFN3O3. The van der Waals surface area contributed by atoms with Gasteiger partial charge in [0, 0.05) is 18.8 Å². The largest absolute Gasteiger partial charge is 0.383 e. The van der Waals surface area contributed by atoms with Crippen molar-refractivity contribution in [1.29, 1.82) is 0 Å². The number of rotatable bonds is 8. The van der Waals surface area contributed by atoms with Gasteiger partial charge in [-0.15, -0.1) is 0 Å². The molecule has 0 bridgehead atoms. The number of ether oxygens (including phenoxy) is 1. The Labute approximate surface area is 162 Å². The number of hydrogen-bond donors (Lipinski definition) is 3. The van der Waals surface area contributed by atoms with Crippen LogP contribution in [0.3, 0.4) is 0 Å². The van der Waals surface area contributed by atoms with Gasteiger partial charge in [-0.05, 0) is 37.3 Å². The number of hydrogen-bond acceptors (Lipinski definition) is 4. The number of methoxy groups -OCH3 is 1. The van der Waals surface area contributed by atoms with Gasteiger partial charge in [0.2, 0.25) is 5.91 Å². The summed E-state index contributed by atoms with van der Waals surface area (Å²) >= 11 is 5.94. The van der Waals surface area contributed by atoms with Crippen LogP contribution in [0.5, 0.6) is 0 Å². The van der Waals surface area contributed by atoms with Crippen LogP contribution >= 0.6 is 11.6 Å². The van der Waals surface area contributed by atoms with E-state index >= 15 is 0 Å². The Kier molecular flexibility index (Phi) is 7.57. The van der Waals surface area contributed by atoms with Crippen LogP contribution in [0, 0.1) is 5.82 Å². The maximum Gasteiger partial charge on any atom is 0.257 e. The molecule has 0 aliphatic heterocycles. The normalized spacial score (nSPS) is 11.6. The summed E-state index contributed by atoms with van der Waals surface area (Å²) in [6.07, 6.45) is 0. The molecule has 2 aromatic rings.